The normalized spacial score (nSPS) is 13.8. The third-order valence-corrected chi connectivity index (χ3v) is 3.21. The van der Waals surface area contributed by atoms with Gasteiger partial charge >= 0.3 is 0 Å². The first-order chi connectivity index (χ1) is 8.58. The van der Waals surface area contributed by atoms with E-state index in [9.17, 15) is 15.0 Å². The van der Waals surface area contributed by atoms with Gasteiger partial charge in [-0.2, -0.15) is 0 Å². The van der Waals surface area contributed by atoms with Crippen LogP contribution in [0.3, 0.4) is 0 Å². The average molecular weight is 319 g/mol. The van der Waals surface area contributed by atoms with Crippen LogP contribution in [0.15, 0.2) is 12.1 Å². The number of benzene rings is 1. The van der Waals surface area contributed by atoms with Crippen LogP contribution in [0.1, 0.15) is 22.0 Å². The van der Waals surface area contributed by atoms with E-state index in [0.717, 1.165) is 0 Å². The molecule has 0 fully saturated rings. The Balaban J connectivity index is 3.29. The summed E-state index contributed by atoms with van der Waals surface area (Å²) >= 11 is 3.08. The van der Waals surface area contributed by atoms with Crippen LogP contribution in [-0.2, 0) is 0 Å². The Kier molecular flexibility index (Phi) is 5.58. The molecular formula is C12H15BrO5. The first-order valence-electron chi connectivity index (χ1n) is 5.22. The largest absolute Gasteiger partial charge is 0.496 e. The average Bonchev–Trinajstić information content (AvgIpc) is 2.43. The molecule has 1 aromatic carbocycles. The van der Waals surface area contributed by atoms with Gasteiger partial charge in [-0.1, -0.05) is 15.9 Å². The standard InChI is InChI=1S/C12H15BrO5/c1-17-10-4-8(12(16)9(15)5-13)11(18-2)3-7(10)6-14/h3-4,6,9,12,15-16H,5H2,1-2H3. The molecule has 0 aromatic heterocycles. The van der Waals surface area contributed by atoms with E-state index in [4.69, 9.17) is 9.47 Å². The van der Waals surface area contributed by atoms with E-state index in [2.05, 4.69) is 15.9 Å². The van der Waals surface area contributed by atoms with Gasteiger partial charge in [0.2, 0.25) is 0 Å². The van der Waals surface area contributed by atoms with Crippen molar-refractivity contribution in [3.05, 3.63) is 23.3 Å². The highest BCUT2D eigenvalue weighted by molar-refractivity contribution is 9.09. The molecule has 1 rings (SSSR count). The number of carbonyl (C=O) groups excluding carboxylic acids is 1. The lowest BCUT2D eigenvalue weighted by Gasteiger charge is -2.20. The molecule has 5 nitrogen and oxygen atoms in total. The number of rotatable bonds is 6. The molecule has 1 aromatic rings. The Morgan fingerprint density at radius 3 is 2.33 bits per heavy atom. The van der Waals surface area contributed by atoms with Gasteiger partial charge in [-0.25, -0.2) is 0 Å². The molecule has 0 spiro atoms. The van der Waals surface area contributed by atoms with Gasteiger partial charge < -0.3 is 19.7 Å². The van der Waals surface area contributed by atoms with Crippen molar-refractivity contribution >= 4 is 22.2 Å². The molecule has 0 aliphatic rings. The van der Waals surface area contributed by atoms with Crippen molar-refractivity contribution in [3.63, 3.8) is 0 Å². The summed E-state index contributed by atoms with van der Waals surface area (Å²) in [7, 11) is 2.85. The molecule has 2 atom stereocenters. The molecule has 0 heterocycles. The van der Waals surface area contributed by atoms with Crippen molar-refractivity contribution < 1.29 is 24.5 Å². The molecular weight excluding hydrogens is 304 g/mol. The predicted molar refractivity (Wildman–Crippen MR) is 69.7 cm³/mol. The molecule has 0 bridgehead atoms. The van der Waals surface area contributed by atoms with Gasteiger partial charge in [0, 0.05) is 10.9 Å². The van der Waals surface area contributed by atoms with Crippen LogP contribution in [0.25, 0.3) is 0 Å². The molecule has 0 saturated heterocycles. The fourth-order valence-corrected chi connectivity index (χ4v) is 1.91. The Hall–Kier alpha value is -1.11. The fraction of sp³-hybridized carbons (Fsp3) is 0.417. The van der Waals surface area contributed by atoms with Crippen LogP contribution in [0, 0.1) is 0 Å². The zero-order chi connectivity index (χ0) is 13.7. The van der Waals surface area contributed by atoms with E-state index in [1.165, 1.54) is 26.4 Å². The van der Waals surface area contributed by atoms with Crippen LogP contribution < -0.4 is 9.47 Å². The van der Waals surface area contributed by atoms with Crippen LogP contribution in [0.4, 0.5) is 0 Å². The fourth-order valence-electron chi connectivity index (χ4n) is 1.56. The van der Waals surface area contributed by atoms with Crippen molar-refractivity contribution in [2.75, 3.05) is 19.5 Å². The number of hydrogen-bond donors (Lipinski definition) is 2. The van der Waals surface area contributed by atoms with Gasteiger partial charge in [0.25, 0.3) is 0 Å². The van der Waals surface area contributed by atoms with Crippen molar-refractivity contribution in [2.45, 2.75) is 12.2 Å². The second-order valence-corrected chi connectivity index (χ2v) is 4.27. The quantitative estimate of drug-likeness (QED) is 0.611. The summed E-state index contributed by atoms with van der Waals surface area (Å²) in [6.07, 6.45) is -1.47. The first kappa shape index (κ1) is 14.9. The molecule has 2 N–H and O–H groups in total. The number of carbonyl (C=O) groups is 1. The zero-order valence-corrected chi connectivity index (χ0v) is 11.7. The highest BCUT2D eigenvalue weighted by Crippen LogP contribution is 2.33. The molecule has 0 radical (unpaired) electrons. The van der Waals surface area contributed by atoms with E-state index < -0.39 is 12.2 Å². The lowest BCUT2D eigenvalue weighted by atomic mass is 10.0. The summed E-state index contributed by atoms with van der Waals surface area (Å²) in [4.78, 5) is 10.9. The van der Waals surface area contributed by atoms with E-state index in [1.807, 2.05) is 0 Å². The van der Waals surface area contributed by atoms with Gasteiger partial charge in [0.05, 0.1) is 25.9 Å². The van der Waals surface area contributed by atoms with Gasteiger partial charge in [-0.3, -0.25) is 4.79 Å². The summed E-state index contributed by atoms with van der Waals surface area (Å²) in [6, 6.07) is 2.95. The lowest BCUT2D eigenvalue weighted by molar-refractivity contribution is 0.0326. The second-order valence-electron chi connectivity index (χ2n) is 3.62. The Morgan fingerprint density at radius 1 is 1.28 bits per heavy atom. The van der Waals surface area contributed by atoms with E-state index in [0.29, 0.717) is 28.9 Å². The third-order valence-electron chi connectivity index (χ3n) is 2.55. The predicted octanol–water partition coefficient (Wildman–Crippen LogP) is 1.31. The molecule has 2 unspecified atom stereocenters. The van der Waals surface area contributed by atoms with Crippen molar-refractivity contribution in [2.24, 2.45) is 0 Å². The van der Waals surface area contributed by atoms with E-state index >= 15 is 0 Å². The Morgan fingerprint density at radius 2 is 1.89 bits per heavy atom. The highest BCUT2D eigenvalue weighted by Gasteiger charge is 2.23. The summed E-state index contributed by atoms with van der Waals surface area (Å²) in [6.45, 7) is 0. The van der Waals surface area contributed by atoms with E-state index in [-0.39, 0.29) is 5.33 Å². The number of halogens is 1. The topological polar surface area (TPSA) is 76.0 Å². The molecule has 0 aliphatic heterocycles. The van der Waals surface area contributed by atoms with Crippen LogP contribution in [0.2, 0.25) is 0 Å². The molecule has 0 aliphatic carbocycles. The number of aliphatic hydroxyl groups is 2. The number of aldehydes is 1. The van der Waals surface area contributed by atoms with Crippen LogP contribution >= 0.6 is 15.9 Å². The molecule has 6 heteroatoms. The Bertz CT molecular complexity index is 421. The van der Waals surface area contributed by atoms with Gasteiger partial charge in [-0.15, -0.1) is 0 Å². The molecule has 0 saturated carbocycles. The van der Waals surface area contributed by atoms with Gasteiger partial charge in [-0.05, 0) is 12.1 Å². The summed E-state index contributed by atoms with van der Waals surface area (Å²) in [5, 5.41) is 19.8. The molecule has 18 heavy (non-hydrogen) atoms. The minimum Gasteiger partial charge on any atom is -0.496 e. The maximum Gasteiger partial charge on any atom is 0.153 e. The number of methoxy groups -OCH3 is 2. The SMILES string of the molecule is COc1cc(C(O)C(O)CBr)c(OC)cc1C=O. The Labute approximate surface area is 113 Å². The smallest absolute Gasteiger partial charge is 0.153 e. The van der Waals surface area contributed by atoms with Crippen molar-refractivity contribution in [1.82, 2.24) is 0 Å². The minimum atomic E-state index is -1.13. The third kappa shape index (κ3) is 3.01. The molecule has 100 valence electrons. The van der Waals surface area contributed by atoms with Gasteiger partial charge in [0.15, 0.2) is 6.29 Å². The lowest BCUT2D eigenvalue weighted by Crippen LogP contribution is -2.20. The molecule has 0 amide bonds. The van der Waals surface area contributed by atoms with E-state index in [1.54, 1.807) is 0 Å². The number of alkyl halides is 1. The van der Waals surface area contributed by atoms with Gasteiger partial charge in [0.1, 0.15) is 17.6 Å². The van der Waals surface area contributed by atoms with Crippen molar-refractivity contribution in [1.29, 1.82) is 0 Å². The zero-order valence-electron chi connectivity index (χ0n) is 10.1. The maximum absolute atomic E-state index is 10.9. The van der Waals surface area contributed by atoms with Crippen molar-refractivity contribution in [3.8, 4) is 11.5 Å². The number of ether oxygens (including phenoxy) is 2. The minimum absolute atomic E-state index is 0.217. The number of hydrogen-bond acceptors (Lipinski definition) is 5. The first-order valence-corrected chi connectivity index (χ1v) is 6.34. The summed E-state index contributed by atoms with van der Waals surface area (Å²) in [5.74, 6) is 0.645. The van der Waals surface area contributed by atoms with Crippen LogP contribution in [-0.4, -0.2) is 42.2 Å². The second kappa shape index (κ2) is 6.72. The summed E-state index contributed by atoms with van der Waals surface area (Å²) in [5.41, 5.74) is 0.686. The summed E-state index contributed by atoms with van der Waals surface area (Å²) < 4.78 is 10.2. The maximum atomic E-state index is 10.9. The van der Waals surface area contributed by atoms with Crippen LogP contribution in [0.5, 0.6) is 11.5 Å². The number of aliphatic hydroxyl groups excluding tert-OH is 2. The highest BCUT2D eigenvalue weighted by atomic mass is 79.9. The monoisotopic (exact) mass is 318 g/mol.